The van der Waals surface area contributed by atoms with Crippen molar-refractivity contribution in [3.05, 3.63) is 47.0 Å². The van der Waals surface area contributed by atoms with E-state index in [9.17, 15) is 4.79 Å². The lowest BCUT2D eigenvalue weighted by atomic mass is 10.0. The molecule has 166 valence electrons. The summed E-state index contributed by atoms with van der Waals surface area (Å²) in [4.78, 5) is 22.6. The molecule has 3 aromatic rings. The molecule has 0 aliphatic carbocycles. The Morgan fingerprint density at radius 1 is 1.00 bits per heavy atom. The fraction of sp³-hybridized carbons (Fsp3) is 0.417. The summed E-state index contributed by atoms with van der Waals surface area (Å²) in [6.07, 6.45) is 0. The maximum Gasteiger partial charge on any atom is 0.260 e. The fourth-order valence-electron chi connectivity index (χ4n) is 3.65. The van der Waals surface area contributed by atoms with Crippen molar-refractivity contribution in [2.24, 2.45) is 0 Å². The topological polar surface area (TPSA) is 54.9 Å². The number of thiazole rings is 1. The normalized spacial score (nSPS) is 11.2. The average molecular weight is 442 g/mol. The standard InChI is InChI=1S/C24H31N3O3S/c1-7-26(8-2)13-14-27(23(28)18-10-9-16(3)15-17(18)4)24-25-21-19(29-5)11-12-20(30-6)22(21)31-24/h9-12,15H,7-8,13-14H2,1-6H3. The van der Waals surface area contributed by atoms with E-state index in [1.807, 2.05) is 44.2 Å². The molecule has 7 heteroatoms. The maximum absolute atomic E-state index is 13.7. The molecule has 0 bridgehead atoms. The molecule has 0 saturated carbocycles. The molecule has 6 nitrogen and oxygen atoms in total. The van der Waals surface area contributed by atoms with Gasteiger partial charge in [-0.3, -0.25) is 9.69 Å². The zero-order valence-corrected chi connectivity index (χ0v) is 20.0. The van der Waals surface area contributed by atoms with E-state index in [1.54, 1.807) is 19.1 Å². The van der Waals surface area contributed by atoms with Crippen molar-refractivity contribution in [3.63, 3.8) is 0 Å². The van der Waals surface area contributed by atoms with Gasteiger partial charge < -0.3 is 14.4 Å². The lowest BCUT2D eigenvalue weighted by Gasteiger charge is -2.25. The molecule has 1 heterocycles. The van der Waals surface area contributed by atoms with Crippen LogP contribution in [0.1, 0.15) is 35.3 Å². The van der Waals surface area contributed by atoms with E-state index in [0.29, 0.717) is 28.5 Å². The number of nitrogens with zero attached hydrogens (tertiary/aromatic N) is 3. The number of anilines is 1. The number of rotatable bonds is 9. The number of aromatic nitrogens is 1. The van der Waals surface area contributed by atoms with Crippen LogP contribution in [-0.2, 0) is 0 Å². The van der Waals surface area contributed by atoms with Gasteiger partial charge in [0, 0.05) is 18.7 Å². The zero-order valence-electron chi connectivity index (χ0n) is 19.2. The number of ether oxygens (including phenoxy) is 2. The quantitative estimate of drug-likeness (QED) is 0.472. The summed E-state index contributed by atoms with van der Waals surface area (Å²) in [5, 5.41) is 0.648. The average Bonchev–Trinajstić information content (AvgIpc) is 3.20. The SMILES string of the molecule is CCN(CC)CCN(C(=O)c1ccc(C)cc1C)c1nc2c(OC)ccc(OC)c2s1. The Hall–Kier alpha value is -2.64. The number of hydrogen-bond acceptors (Lipinski definition) is 6. The van der Waals surface area contributed by atoms with Gasteiger partial charge in [-0.25, -0.2) is 4.98 Å². The molecular weight excluding hydrogens is 410 g/mol. The molecule has 0 aliphatic rings. The second-order valence-corrected chi connectivity index (χ2v) is 8.42. The third-order valence-electron chi connectivity index (χ3n) is 5.52. The van der Waals surface area contributed by atoms with E-state index in [4.69, 9.17) is 14.5 Å². The minimum Gasteiger partial charge on any atom is -0.495 e. The van der Waals surface area contributed by atoms with Gasteiger partial charge in [0.15, 0.2) is 5.13 Å². The number of carbonyl (C=O) groups is 1. The smallest absolute Gasteiger partial charge is 0.260 e. The summed E-state index contributed by atoms with van der Waals surface area (Å²) < 4.78 is 11.9. The largest absolute Gasteiger partial charge is 0.495 e. The van der Waals surface area contributed by atoms with Crippen molar-refractivity contribution >= 4 is 32.6 Å². The second kappa shape index (κ2) is 10.1. The van der Waals surface area contributed by atoms with Crippen LogP contribution >= 0.6 is 11.3 Å². The van der Waals surface area contributed by atoms with Crippen LogP contribution in [0.3, 0.4) is 0 Å². The van der Waals surface area contributed by atoms with Crippen LogP contribution in [0.25, 0.3) is 10.2 Å². The van der Waals surface area contributed by atoms with Crippen molar-refractivity contribution in [2.75, 3.05) is 45.3 Å². The Morgan fingerprint density at radius 3 is 2.29 bits per heavy atom. The monoisotopic (exact) mass is 441 g/mol. The lowest BCUT2D eigenvalue weighted by molar-refractivity contribution is 0.0983. The Kier molecular flexibility index (Phi) is 7.51. The third-order valence-corrected chi connectivity index (χ3v) is 6.61. The molecule has 31 heavy (non-hydrogen) atoms. The number of fused-ring (bicyclic) bond motifs is 1. The molecular formula is C24H31N3O3S. The molecule has 3 rings (SSSR count). The second-order valence-electron chi connectivity index (χ2n) is 7.45. The molecule has 0 radical (unpaired) electrons. The molecule has 1 amide bonds. The highest BCUT2D eigenvalue weighted by Gasteiger charge is 2.25. The fourth-order valence-corrected chi connectivity index (χ4v) is 4.75. The van der Waals surface area contributed by atoms with Gasteiger partial charge in [0.1, 0.15) is 21.7 Å². The lowest BCUT2D eigenvalue weighted by Crippen LogP contribution is -2.39. The number of aryl methyl sites for hydroxylation is 2. The van der Waals surface area contributed by atoms with Gasteiger partial charge in [-0.05, 0) is 50.7 Å². The Balaban J connectivity index is 2.08. The van der Waals surface area contributed by atoms with E-state index >= 15 is 0 Å². The van der Waals surface area contributed by atoms with E-state index in [1.165, 1.54) is 11.3 Å². The third kappa shape index (κ3) is 4.83. The first kappa shape index (κ1) is 23.0. The van der Waals surface area contributed by atoms with E-state index in [-0.39, 0.29) is 5.91 Å². The minimum atomic E-state index is -0.0401. The number of benzene rings is 2. The minimum absolute atomic E-state index is 0.0401. The molecule has 0 N–H and O–H groups in total. The van der Waals surface area contributed by atoms with Crippen LogP contribution in [0.4, 0.5) is 5.13 Å². The number of likely N-dealkylation sites (N-methyl/N-ethyl adjacent to an activating group) is 1. The summed E-state index contributed by atoms with van der Waals surface area (Å²) in [6, 6.07) is 9.64. The molecule has 0 atom stereocenters. The molecule has 0 saturated heterocycles. The first-order chi connectivity index (χ1) is 14.9. The van der Waals surface area contributed by atoms with Crippen LogP contribution in [0, 0.1) is 13.8 Å². The van der Waals surface area contributed by atoms with Crippen molar-refractivity contribution < 1.29 is 14.3 Å². The highest BCUT2D eigenvalue weighted by molar-refractivity contribution is 7.22. The van der Waals surface area contributed by atoms with Gasteiger partial charge in [-0.2, -0.15) is 0 Å². The predicted molar refractivity (Wildman–Crippen MR) is 128 cm³/mol. The van der Waals surface area contributed by atoms with Gasteiger partial charge in [-0.1, -0.05) is 42.9 Å². The summed E-state index contributed by atoms with van der Waals surface area (Å²) in [5.74, 6) is 1.35. The highest BCUT2D eigenvalue weighted by atomic mass is 32.1. The van der Waals surface area contributed by atoms with Crippen molar-refractivity contribution in [1.29, 1.82) is 0 Å². The summed E-state index contributed by atoms with van der Waals surface area (Å²) >= 11 is 1.46. The van der Waals surface area contributed by atoms with Crippen LogP contribution in [-0.4, -0.2) is 56.2 Å². The molecule has 0 fully saturated rings. The van der Waals surface area contributed by atoms with E-state index in [0.717, 1.165) is 41.2 Å². The molecule has 0 aliphatic heterocycles. The van der Waals surface area contributed by atoms with E-state index < -0.39 is 0 Å². The Labute approximate surface area is 188 Å². The van der Waals surface area contributed by atoms with Crippen LogP contribution in [0.2, 0.25) is 0 Å². The summed E-state index contributed by atoms with van der Waals surface area (Å²) in [7, 11) is 3.26. The number of hydrogen-bond donors (Lipinski definition) is 0. The molecule has 2 aromatic carbocycles. The van der Waals surface area contributed by atoms with Gasteiger partial charge >= 0.3 is 0 Å². The van der Waals surface area contributed by atoms with Crippen molar-refractivity contribution in [2.45, 2.75) is 27.7 Å². The number of methoxy groups -OCH3 is 2. The van der Waals surface area contributed by atoms with Gasteiger partial charge in [0.2, 0.25) is 0 Å². The number of carbonyl (C=O) groups excluding carboxylic acids is 1. The predicted octanol–water partition coefficient (Wildman–Crippen LogP) is 4.92. The molecule has 1 aromatic heterocycles. The maximum atomic E-state index is 13.7. The summed E-state index contributed by atoms with van der Waals surface area (Å²) in [6.45, 7) is 11.5. The van der Waals surface area contributed by atoms with Gasteiger partial charge in [-0.15, -0.1) is 0 Å². The van der Waals surface area contributed by atoms with Gasteiger partial charge in [0.25, 0.3) is 5.91 Å². The van der Waals surface area contributed by atoms with Crippen molar-refractivity contribution in [1.82, 2.24) is 9.88 Å². The van der Waals surface area contributed by atoms with E-state index in [2.05, 4.69) is 18.7 Å². The molecule has 0 unspecified atom stereocenters. The highest BCUT2D eigenvalue weighted by Crippen LogP contribution is 2.40. The zero-order chi connectivity index (χ0) is 22.5. The number of amides is 1. The van der Waals surface area contributed by atoms with Crippen LogP contribution in [0.5, 0.6) is 11.5 Å². The van der Waals surface area contributed by atoms with Crippen LogP contribution < -0.4 is 14.4 Å². The molecule has 0 spiro atoms. The van der Waals surface area contributed by atoms with Crippen LogP contribution in [0.15, 0.2) is 30.3 Å². The van der Waals surface area contributed by atoms with Crippen molar-refractivity contribution in [3.8, 4) is 11.5 Å². The summed E-state index contributed by atoms with van der Waals surface area (Å²) in [5.41, 5.74) is 3.51. The Morgan fingerprint density at radius 2 is 1.68 bits per heavy atom. The first-order valence-electron chi connectivity index (χ1n) is 10.6. The van der Waals surface area contributed by atoms with Gasteiger partial charge in [0.05, 0.1) is 14.2 Å². The first-order valence-corrected chi connectivity index (χ1v) is 11.4. The Bertz CT molecular complexity index is 1020.